The van der Waals surface area contributed by atoms with Gasteiger partial charge in [-0.1, -0.05) is 141 Å². The first-order valence-corrected chi connectivity index (χ1v) is 18.9. The Kier molecular flexibility index (Phi) is 9.75. The number of hydrogen-bond acceptors (Lipinski definition) is 0. The summed E-state index contributed by atoms with van der Waals surface area (Å²) in [5.74, 6) is 9.79. The third-order valence-electron chi connectivity index (χ3n) is 16.0. The highest BCUT2D eigenvalue weighted by molar-refractivity contribution is 5.32. The van der Waals surface area contributed by atoms with Crippen LogP contribution in [0.5, 0.6) is 0 Å². The molecule has 14 unspecified atom stereocenters. The summed E-state index contributed by atoms with van der Waals surface area (Å²) in [5.41, 5.74) is 5.13. The van der Waals surface area contributed by atoms with Crippen LogP contribution in [0.4, 0.5) is 0 Å². The van der Waals surface area contributed by atoms with E-state index < -0.39 is 0 Å². The average molecular weight is 581 g/mol. The van der Waals surface area contributed by atoms with Gasteiger partial charge in [0.25, 0.3) is 0 Å². The Balaban J connectivity index is 1.81. The first-order valence-electron chi connectivity index (χ1n) is 18.9. The normalized spacial score (nSPS) is 47.5. The van der Waals surface area contributed by atoms with Crippen LogP contribution in [0.1, 0.15) is 162 Å². The van der Waals surface area contributed by atoms with Crippen molar-refractivity contribution in [1.82, 2.24) is 0 Å². The zero-order chi connectivity index (χ0) is 31.7. The van der Waals surface area contributed by atoms with E-state index in [0.717, 1.165) is 59.2 Å². The molecule has 0 radical (unpaired) electrons. The van der Waals surface area contributed by atoms with Gasteiger partial charge in [-0.3, -0.25) is 0 Å². The molecular formula is C42H76. The maximum Gasteiger partial charge on any atom is -0.0164 e. The number of rotatable bonds is 7. The first-order chi connectivity index (χ1) is 19.2. The molecule has 0 aromatic heterocycles. The quantitative estimate of drug-likeness (QED) is 0.263. The standard InChI is InChI=1S/C42H76/c1-25(2)36-29(6)24-40(14)35(22-26(3)20-21-27(4)23-39(11,12)13)41(15)31(8)34-19-17-18-28(5)37(34)30(7)38(41)33(10)42(40,16)32(36)9/h25-28,30-35,37-38H,17-24H2,1-16H3. The van der Waals surface area contributed by atoms with Gasteiger partial charge in [-0.15, -0.1) is 0 Å². The van der Waals surface area contributed by atoms with Crippen molar-refractivity contribution in [3.05, 3.63) is 11.1 Å². The van der Waals surface area contributed by atoms with Crippen molar-refractivity contribution in [2.45, 2.75) is 162 Å². The minimum Gasteiger partial charge on any atom is -0.0730 e. The summed E-state index contributed by atoms with van der Waals surface area (Å²) in [6.07, 6.45) is 11.4. The van der Waals surface area contributed by atoms with Crippen LogP contribution in [0.15, 0.2) is 11.1 Å². The van der Waals surface area contributed by atoms with Gasteiger partial charge in [0.05, 0.1) is 0 Å². The maximum absolute atomic E-state index is 2.87. The van der Waals surface area contributed by atoms with E-state index in [1.807, 2.05) is 5.57 Å². The molecule has 4 aliphatic carbocycles. The molecule has 0 spiro atoms. The lowest BCUT2D eigenvalue weighted by Crippen LogP contribution is -2.71. The van der Waals surface area contributed by atoms with Crippen LogP contribution in [-0.4, -0.2) is 0 Å². The summed E-state index contributed by atoms with van der Waals surface area (Å²) in [5, 5.41) is 0. The van der Waals surface area contributed by atoms with Crippen molar-refractivity contribution in [2.75, 3.05) is 0 Å². The van der Waals surface area contributed by atoms with Gasteiger partial charge in [0.2, 0.25) is 0 Å². The molecule has 0 nitrogen and oxygen atoms in total. The Morgan fingerprint density at radius 1 is 0.833 bits per heavy atom. The molecule has 4 rings (SSSR count). The van der Waals surface area contributed by atoms with Crippen LogP contribution in [0.25, 0.3) is 0 Å². The summed E-state index contributed by atoms with van der Waals surface area (Å²) < 4.78 is 0. The van der Waals surface area contributed by atoms with Crippen LogP contribution < -0.4 is 0 Å². The van der Waals surface area contributed by atoms with Crippen LogP contribution in [0, 0.1) is 92.7 Å². The van der Waals surface area contributed by atoms with E-state index in [1.165, 1.54) is 51.4 Å². The molecule has 0 N–H and O–H groups in total. The monoisotopic (exact) mass is 581 g/mol. The van der Waals surface area contributed by atoms with Gasteiger partial charge < -0.3 is 0 Å². The van der Waals surface area contributed by atoms with E-state index in [1.54, 1.807) is 5.57 Å². The Morgan fingerprint density at radius 3 is 2.00 bits per heavy atom. The van der Waals surface area contributed by atoms with Crippen LogP contribution in [-0.2, 0) is 0 Å². The minimum absolute atomic E-state index is 0.346. The molecule has 42 heavy (non-hydrogen) atoms. The SMILES string of the molecule is CC1=C(C(C)C)C(C)C2(C)C(C)C3C(C)C4C(C)CCCC4C(C)C3(C)C(CC(C)CCC(C)CC(C)(C)C)C2(C)C1. The summed E-state index contributed by atoms with van der Waals surface area (Å²) >= 11 is 0. The number of fused-ring (bicyclic) bond motifs is 3. The molecular weight excluding hydrogens is 504 g/mol. The largest absolute Gasteiger partial charge is 0.0730 e. The van der Waals surface area contributed by atoms with E-state index in [2.05, 4.69) is 111 Å². The molecule has 244 valence electrons. The van der Waals surface area contributed by atoms with Gasteiger partial charge in [0, 0.05) is 0 Å². The zero-order valence-corrected chi connectivity index (χ0v) is 31.6. The second-order valence-corrected chi connectivity index (χ2v) is 19.8. The van der Waals surface area contributed by atoms with E-state index in [-0.39, 0.29) is 0 Å². The van der Waals surface area contributed by atoms with Gasteiger partial charge in [-0.05, 0) is 125 Å². The fourth-order valence-electron chi connectivity index (χ4n) is 14.3. The highest BCUT2D eigenvalue weighted by Crippen LogP contribution is 2.78. The van der Waals surface area contributed by atoms with Gasteiger partial charge in [0.1, 0.15) is 0 Å². The molecule has 0 aliphatic heterocycles. The van der Waals surface area contributed by atoms with E-state index in [9.17, 15) is 0 Å². The second-order valence-electron chi connectivity index (χ2n) is 19.8. The first kappa shape index (κ1) is 34.6. The molecule has 0 bridgehead atoms. The molecule has 3 saturated carbocycles. The Morgan fingerprint density at radius 2 is 1.43 bits per heavy atom. The molecule has 0 aromatic carbocycles. The summed E-state index contributed by atoms with van der Waals surface area (Å²) in [4.78, 5) is 0. The lowest BCUT2D eigenvalue weighted by atomic mass is 9.28. The van der Waals surface area contributed by atoms with E-state index in [0.29, 0.717) is 33.5 Å². The molecule has 0 amide bonds. The van der Waals surface area contributed by atoms with Crippen molar-refractivity contribution in [3.8, 4) is 0 Å². The molecule has 14 atom stereocenters. The van der Waals surface area contributed by atoms with Gasteiger partial charge in [0.15, 0.2) is 0 Å². The van der Waals surface area contributed by atoms with E-state index >= 15 is 0 Å². The number of allylic oxidation sites excluding steroid dienone is 2. The highest BCUT2D eigenvalue weighted by atomic mass is 14.8. The van der Waals surface area contributed by atoms with Crippen molar-refractivity contribution in [1.29, 1.82) is 0 Å². The van der Waals surface area contributed by atoms with Crippen molar-refractivity contribution < 1.29 is 0 Å². The lowest BCUT2D eigenvalue weighted by Gasteiger charge is -2.76. The molecule has 3 fully saturated rings. The maximum atomic E-state index is 2.87. The molecule has 4 aliphatic rings. The highest BCUT2D eigenvalue weighted by Gasteiger charge is 2.72. The Hall–Kier alpha value is -0.260. The average Bonchev–Trinajstić information content (AvgIpc) is 2.85. The zero-order valence-electron chi connectivity index (χ0n) is 31.6. The van der Waals surface area contributed by atoms with Crippen LogP contribution >= 0.6 is 0 Å². The van der Waals surface area contributed by atoms with E-state index in [4.69, 9.17) is 0 Å². The predicted octanol–water partition coefficient (Wildman–Crippen LogP) is 13.1. The predicted molar refractivity (Wildman–Crippen MR) is 186 cm³/mol. The van der Waals surface area contributed by atoms with Crippen molar-refractivity contribution >= 4 is 0 Å². The van der Waals surface area contributed by atoms with Crippen molar-refractivity contribution in [2.24, 2.45) is 92.7 Å². The summed E-state index contributed by atoms with van der Waals surface area (Å²) in [7, 11) is 0. The third-order valence-corrected chi connectivity index (χ3v) is 16.0. The molecule has 0 aromatic rings. The second kappa shape index (κ2) is 11.8. The summed E-state index contributed by atoms with van der Waals surface area (Å²) in [6, 6.07) is 0. The van der Waals surface area contributed by atoms with Gasteiger partial charge >= 0.3 is 0 Å². The van der Waals surface area contributed by atoms with Crippen molar-refractivity contribution in [3.63, 3.8) is 0 Å². The molecule has 0 saturated heterocycles. The summed E-state index contributed by atoms with van der Waals surface area (Å²) in [6.45, 7) is 42.1. The Labute approximate surface area is 265 Å². The van der Waals surface area contributed by atoms with Gasteiger partial charge in [-0.25, -0.2) is 0 Å². The third kappa shape index (κ3) is 5.33. The van der Waals surface area contributed by atoms with Gasteiger partial charge in [-0.2, -0.15) is 0 Å². The topological polar surface area (TPSA) is 0 Å². The smallest absolute Gasteiger partial charge is 0.0164 e. The Bertz CT molecular complexity index is 976. The fourth-order valence-corrected chi connectivity index (χ4v) is 14.3. The minimum atomic E-state index is 0.346. The number of hydrogen-bond donors (Lipinski definition) is 0. The molecule has 0 heteroatoms. The van der Waals surface area contributed by atoms with Crippen LogP contribution in [0.3, 0.4) is 0 Å². The van der Waals surface area contributed by atoms with Crippen LogP contribution in [0.2, 0.25) is 0 Å². The lowest BCUT2D eigenvalue weighted by molar-refractivity contribution is -0.272. The molecule has 0 heterocycles. The fraction of sp³-hybridized carbons (Fsp3) is 0.952.